The highest BCUT2D eigenvalue weighted by molar-refractivity contribution is 7.99. The van der Waals surface area contributed by atoms with E-state index in [0.717, 1.165) is 21.0 Å². The third-order valence-corrected chi connectivity index (χ3v) is 7.71. The Morgan fingerprint density at radius 2 is 1.81 bits per heavy atom. The van der Waals surface area contributed by atoms with Crippen LogP contribution in [0.1, 0.15) is 27.7 Å². The fraction of sp³-hybridized carbons (Fsp3) is 0.125. The number of H-pyrrole nitrogens is 1. The number of fused-ring (bicyclic) bond motifs is 1. The van der Waals surface area contributed by atoms with Crippen LogP contribution in [0.4, 0.5) is 5.69 Å². The first-order valence-electron chi connectivity index (χ1n) is 10.1. The largest absolute Gasteiger partial charge is 0.494 e. The van der Waals surface area contributed by atoms with Crippen LogP contribution in [0.2, 0.25) is 0 Å². The molecule has 0 fully saturated rings. The Kier molecular flexibility index (Phi) is 5.55. The van der Waals surface area contributed by atoms with Crippen LogP contribution in [-0.2, 0) is 6.54 Å². The summed E-state index contributed by atoms with van der Waals surface area (Å²) in [5.74, 6) is -0.365. The number of para-hydroxylation sites is 1. The monoisotopic (exact) mass is 461 g/mol. The lowest BCUT2D eigenvalue weighted by Gasteiger charge is -2.15. The Labute approximate surface area is 191 Å². The molecule has 2 N–H and O–H groups in total. The van der Waals surface area contributed by atoms with Gasteiger partial charge in [-0.15, -0.1) is 23.1 Å². The summed E-state index contributed by atoms with van der Waals surface area (Å²) >= 11 is 3.34. The molecule has 160 valence electrons. The van der Waals surface area contributed by atoms with E-state index in [4.69, 9.17) is 4.99 Å². The quantitative estimate of drug-likeness (QED) is 0.461. The van der Waals surface area contributed by atoms with Crippen molar-refractivity contribution in [3.63, 3.8) is 0 Å². The lowest BCUT2D eigenvalue weighted by molar-refractivity contribution is 0.408. The molecule has 8 heteroatoms. The topological polar surface area (TPSA) is 87.5 Å². The average Bonchev–Trinajstić information content (AvgIpc) is 3.26. The Morgan fingerprint density at radius 1 is 1.03 bits per heavy atom. The van der Waals surface area contributed by atoms with Gasteiger partial charge in [0.05, 0.1) is 17.9 Å². The van der Waals surface area contributed by atoms with Gasteiger partial charge in [0.25, 0.3) is 5.56 Å². The summed E-state index contributed by atoms with van der Waals surface area (Å²) in [5, 5.41) is 13.1. The molecule has 0 spiro atoms. The molecule has 32 heavy (non-hydrogen) atoms. The molecule has 2 aromatic heterocycles. The van der Waals surface area contributed by atoms with Crippen molar-refractivity contribution in [2.45, 2.75) is 23.1 Å². The van der Waals surface area contributed by atoms with Crippen LogP contribution < -0.4 is 11.2 Å². The van der Waals surface area contributed by atoms with Crippen LogP contribution in [0.5, 0.6) is 5.88 Å². The van der Waals surface area contributed by atoms with E-state index < -0.39 is 11.2 Å². The first-order chi connectivity index (χ1) is 15.6. The zero-order chi connectivity index (χ0) is 22.1. The number of aromatic hydroxyl groups is 1. The molecule has 3 heterocycles. The standard InChI is InChI=1S/C24H19N3O3S2/c28-22-21(23(29)27(24(30)26-22)14-15-7-2-1-3-8-15)17-13-20(19-11-6-12-31-19)32-18-10-5-4-9-16(18)25-17/h1-12,20,29H,13-14H2,(H,26,28,30)/t20-/m0/s1. The minimum atomic E-state index is -0.654. The number of aromatic amines is 1. The molecule has 6 nitrogen and oxygen atoms in total. The first-order valence-corrected chi connectivity index (χ1v) is 11.8. The smallest absolute Gasteiger partial charge is 0.331 e. The molecule has 0 unspecified atom stereocenters. The van der Waals surface area contributed by atoms with Gasteiger partial charge in [0.15, 0.2) is 0 Å². The molecule has 0 aliphatic carbocycles. The normalized spacial score (nSPS) is 15.6. The third-order valence-electron chi connectivity index (χ3n) is 5.27. The lowest BCUT2D eigenvalue weighted by atomic mass is 10.1. The van der Waals surface area contributed by atoms with Gasteiger partial charge in [-0.3, -0.25) is 19.3 Å². The zero-order valence-corrected chi connectivity index (χ0v) is 18.5. The second-order valence-electron chi connectivity index (χ2n) is 7.38. The number of thioether (sulfide) groups is 1. The number of thiophene rings is 1. The number of hydrogen-bond acceptors (Lipinski definition) is 6. The molecule has 0 bridgehead atoms. The van der Waals surface area contributed by atoms with Gasteiger partial charge in [-0.05, 0) is 29.1 Å². The molecule has 1 aliphatic heterocycles. The third kappa shape index (κ3) is 3.94. The van der Waals surface area contributed by atoms with E-state index >= 15 is 0 Å². The Morgan fingerprint density at radius 3 is 2.59 bits per heavy atom. The number of hydrogen-bond donors (Lipinski definition) is 2. The second kappa shape index (κ2) is 8.64. The predicted octanol–water partition coefficient (Wildman–Crippen LogP) is 4.71. The fourth-order valence-electron chi connectivity index (χ4n) is 3.73. The molecule has 2 aromatic carbocycles. The minimum absolute atomic E-state index is 0.0331. The van der Waals surface area contributed by atoms with Crippen molar-refractivity contribution in [2.75, 3.05) is 0 Å². The van der Waals surface area contributed by atoms with Crippen LogP contribution in [0.25, 0.3) is 0 Å². The zero-order valence-electron chi connectivity index (χ0n) is 16.9. The number of aromatic nitrogens is 2. The van der Waals surface area contributed by atoms with Gasteiger partial charge < -0.3 is 5.11 Å². The highest BCUT2D eigenvalue weighted by atomic mass is 32.2. The van der Waals surface area contributed by atoms with Crippen LogP contribution in [-0.4, -0.2) is 20.4 Å². The maximum atomic E-state index is 12.9. The number of aliphatic imine (C=N–C) groups is 1. The van der Waals surface area contributed by atoms with Gasteiger partial charge in [0, 0.05) is 21.4 Å². The maximum Gasteiger partial charge on any atom is 0.331 e. The summed E-state index contributed by atoms with van der Waals surface area (Å²) in [7, 11) is 0. The molecule has 0 radical (unpaired) electrons. The van der Waals surface area contributed by atoms with E-state index in [1.807, 2.05) is 66.0 Å². The summed E-state index contributed by atoms with van der Waals surface area (Å²) in [6.07, 6.45) is 0.444. The SMILES string of the molecule is O=c1[nH]c(=O)n(Cc2ccccc2)c(O)c1C1=Nc2ccccc2S[C@H](c2cccs2)C1. The molecular weight excluding hydrogens is 442 g/mol. The predicted molar refractivity (Wildman–Crippen MR) is 129 cm³/mol. The van der Waals surface area contributed by atoms with E-state index in [9.17, 15) is 14.7 Å². The van der Waals surface area contributed by atoms with E-state index in [2.05, 4.69) is 11.1 Å². The summed E-state index contributed by atoms with van der Waals surface area (Å²) < 4.78 is 1.18. The molecule has 5 rings (SSSR count). The maximum absolute atomic E-state index is 12.9. The Bertz CT molecular complexity index is 1410. The van der Waals surface area contributed by atoms with Gasteiger partial charge in [0.2, 0.25) is 5.88 Å². The molecule has 0 amide bonds. The second-order valence-corrected chi connectivity index (χ2v) is 9.61. The first kappa shape index (κ1) is 20.5. The van der Waals surface area contributed by atoms with E-state index in [1.165, 1.54) is 4.57 Å². The van der Waals surface area contributed by atoms with Crippen molar-refractivity contribution in [1.29, 1.82) is 0 Å². The van der Waals surface area contributed by atoms with Crippen molar-refractivity contribution >= 4 is 34.5 Å². The highest BCUT2D eigenvalue weighted by Crippen LogP contribution is 2.46. The van der Waals surface area contributed by atoms with Crippen molar-refractivity contribution in [3.8, 4) is 5.88 Å². The van der Waals surface area contributed by atoms with Crippen LogP contribution in [0.15, 0.2) is 91.6 Å². The molecule has 1 atom stereocenters. The van der Waals surface area contributed by atoms with Crippen molar-refractivity contribution in [2.24, 2.45) is 4.99 Å². The fourth-order valence-corrected chi connectivity index (χ4v) is 5.89. The summed E-state index contributed by atoms with van der Waals surface area (Å²) in [6, 6.07) is 21.1. The molecule has 1 aliphatic rings. The lowest BCUT2D eigenvalue weighted by Crippen LogP contribution is -2.34. The van der Waals surface area contributed by atoms with Gasteiger partial charge in [0.1, 0.15) is 5.56 Å². The van der Waals surface area contributed by atoms with E-state index in [1.54, 1.807) is 23.1 Å². The van der Waals surface area contributed by atoms with E-state index in [0.29, 0.717) is 12.1 Å². The van der Waals surface area contributed by atoms with Gasteiger partial charge in [-0.25, -0.2) is 4.79 Å². The van der Waals surface area contributed by atoms with Crippen molar-refractivity contribution < 1.29 is 5.11 Å². The average molecular weight is 462 g/mol. The van der Waals surface area contributed by atoms with Gasteiger partial charge in [-0.1, -0.05) is 48.5 Å². The summed E-state index contributed by atoms with van der Waals surface area (Å²) in [6.45, 7) is 0.141. The molecule has 0 saturated carbocycles. The van der Waals surface area contributed by atoms with Crippen LogP contribution in [0, 0.1) is 0 Å². The van der Waals surface area contributed by atoms with Gasteiger partial charge in [-0.2, -0.15) is 0 Å². The molecule has 0 saturated heterocycles. The Balaban J connectivity index is 1.65. The van der Waals surface area contributed by atoms with Gasteiger partial charge >= 0.3 is 5.69 Å². The van der Waals surface area contributed by atoms with Crippen molar-refractivity contribution in [1.82, 2.24) is 9.55 Å². The number of benzene rings is 2. The molecule has 4 aromatic rings. The Hall–Kier alpha value is -3.36. The highest BCUT2D eigenvalue weighted by Gasteiger charge is 2.27. The molecular formula is C24H19N3O3S2. The van der Waals surface area contributed by atoms with E-state index in [-0.39, 0.29) is 23.2 Å². The summed E-state index contributed by atoms with van der Waals surface area (Å²) in [4.78, 5) is 34.7. The summed E-state index contributed by atoms with van der Waals surface area (Å²) in [5.41, 5.74) is 0.791. The van der Waals surface area contributed by atoms with Crippen LogP contribution in [0.3, 0.4) is 0 Å². The number of nitrogens with one attached hydrogen (secondary N) is 1. The number of rotatable bonds is 4. The van der Waals surface area contributed by atoms with Crippen molar-refractivity contribution in [3.05, 3.63) is 109 Å². The minimum Gasteiger partial charge on any atom is -0.494 e. The number of nitrogens with zero attached hydrogens (tertiary/aromatic N) is 2. The van der Waals surface area contributed by atoms with Crippen LogP contribution >= 0.6 is 23.1 Å².